The fourth-order valence-corrected chi connectivity index (χ4v) is 1.17. The first kappa shape index (κ1) is 9.01. The summed E-state index contributed by atoms with van der Waals surface area (Å²) in [6.45, 7) is 0. The molecule has 52 valence electrons. The molecule has 9 heavy (non-hydrogen) atoms. The summed E-state index contributed by atoms with van der Waals surface area (Å²) in [4.78, 5) is 0. The second-order valence-electron chi connectivity index (χ2n) is 1.27. The van der Waals surface area contributed by atoms with E-state index in [1.54, 1.807) is 0 Å². The molecular formula is C4H4Cl2FNS. The maximum Gasteiger partial charge on any atom is 0.200 e. The number of nitrogen functional groups attached to an aromatic ring is 1. The van der Waals surface area contributed by atoms with Gasteiger partial charge in [0.05, 0.1) is 10.7 Å². The summed E-state index contributed by atoms with van der Waals surface area (Å²) in [5.74, 6) is 0. The number of thiophene rings is 1. The largest absolute Gasteiger partial charge is 0.394 e. The Hall–Kier alpha value is 0.01000. The summed E-state index contributed by atoms with van der Waals surface area (Å²) in [5, 5.41) is 1.36. The number of hydrogen-bond acceptors (Lipinski definition) is 2. The zero-order valence-corrected chi connectivity index (χ0v) is 6.62. The van der Waals surface area contributed by atoms with E-state index < -0.39 is 5.13 Å². The van der Waals surface area contributed by atoms with E-state index in [2.05, 4.69) is 0 Å². The van der Waals surface area contributed by atoms with E-state index in [0.717, 1.165) is 11.3 Å². The molecule has 0 aliphatic rings. The minimum atomic E-state index is -0.407. The highest BCUT2D eigenvalue weighted by atomic mass is 35.5. The molecule has 0 saturated carbocycles. The summed E-state index contributed by atoms with van der Waals surface area (Å²) >= 11 is 6.28. The van der Waals surface area contributed by atoms with Crippen LogP contribution < -0.4 is 5.73 Å². The van der Waals surface area contributed by atoms with E-state index in [1.807, 2.05) is 0 Å². The highest BCUT2D eigenvalue weighted by molar-refractivity contribution is 7.09. The van der Waals surface area contributed by atoms with Gasteiger partial charge in [-0.05, 0) is 0 Å². The minimum absolute atomic E-state index is 0. The Morgan fingerprint density at radius 2 is 2.22 bits per heavy atom. The predicted octanol–water partition coefficient (Wildman–Crippen LogP) is 2.54. The van der Waals surface area contributed by atoms with Gasteiger partial charge in [0.2, 0.25) is 5.13 Å². The van der Waals surface area contributed by atoms with Crippen LogP contribution in [0.1, 0.15) is 0 Å². The SMILES string of the molecule is Cl.Nc1c(Cl)csc1F. The van der Waals surface area contributed by atoms with Gasteiger partial charge in [0.1, 0.15) is 0 Å². The molecule has 1 heterocycles. The first-order chi connectivity index (χ1) is 3.72. The Morgan fingerprint density at radius 1 is 1.67 bits per heavy atom. The summed E-state index contributed by atoms with van der Waals surface area (Å²) in [7, 11) is 0. The first-order valence-corrected chi connectivity index (χ1v) is 3.15. The molecule has 0 aliphatic carbocycles. The van der Waals surface area contributed by atoms with Crippen molar-refractivity contribution >= 4 is 41.0 Å². The van der Waals surface area contributed by atoms with Crippen molar-refractivity contribution in [2.75, 3.05) is 5.73 Å². The number of hydrogen-bond donors (Lipinski definition) is 1. The van der Waals surface area contributed by atoms with Gasteiger partial charge in [0, 0.05) is 5.38 Å². The van der Waals surface area contributed by atoms with E-state index in [0.29, 0.717) is 5.02 Å². The Morgan fingerprint density at radius 3 is 2.33 bits per heavy atom. The molecule has 0 aromatic carbocycles. The van der Waals surface area contributed by atoms with Crippen molar-refractivity contribution in [1.29, 1.82) is 0 Å². The number of nitrogens with two attached hydrogens (primary N) is 1. The van der Waals surface area contributed by atoms with Crippen molar-refractivity contribution in [3.63, 3.8) is 0 Å². The third kappa shape index (κ3) is 1.71. The van der Waals surface area contributed by atoms with Crippen LogP contribution in [0.15, 0.2) is 5.38 Å². The van der Waals surface area contributed by atoms with Crippen molar-refractivity contribution in [3.05, 3.63) is 15.5 Å². The molecular weight excluding hydrogens is 184 g/mol. The van der Waals surface area contributed by atoms with E-state index in [9.17, 15) is 4.39 Å². The van der Waals surface area contributed by atoms with Crippen LogP contribution in [0.2, 0.25) is 5.02 Å². The van der Waals surface area contributed by atoms with Crippen LogP contribution >= 0.6 is 35.3 Å². The molecule has 0 atom stereocenters. The van der Waals surface area contributed by atoms with Gasteiger partial charge in [0.15, 0.2) is 0 Å². The third-order valence-electron chi connectivity index (χ3n) is 0.735. The predicted molar refractivity (Wildman–Crippen MR) is 40.9 cm³/mol. The fourth-order valence-electron chi connectivity index (χ4n) is 0.324. The summed E-state index contributed by atoms with van der Waals surface area (Å²) < 4.78 is 12.1. The van der Waals surface area contributed by atoms with Gasteiger partial charge in [-0.15, -0.1) is 23.7 Å². The van der Waals surface area contributed by atoms with E-state index >= 15 is 0 Å². The zero-order chi connectivity index (χ0) is 6.15. The molecule has 2 N–H and O–H groups in total. The average molecular weight is 188 g/mol. The van der Waals surface area contributed by atoms with Gasteiger partial charge in [0.25, 0.3) is 0 Å². The Balaban J connectivity index is 0.000000640. The molecule has 1 aromatic rings. The smallest absolute Gasteiger partial charge is 0.200 e. The van der Waals surface area contributed by atoms with Crippen LogP contribution in [0, 0.1) is 5.13 Å². The summed E-state index contributed by atoms with van der Waals surface area (Å²) in [5.41, 5.74) is 5.16. The van der Waals surface area contributed by atoms with E-state index in [1.165, 1.54) is 5.38 Å². The lowest BCUT2D eigenvalue weighted by Gasteiger charge is -1.82. The zero-order valence-electron chi connectivity index (χ0n) is 4.23. The van der Waals surface area contributed by atoms with Crippen LogP contribution in [0.3, 0.4) is 0 Å². The van der Waals surface area contributed by atoms with E-state index in [-0.39, 0.29) is 18.1 Å². The van der Waals surface area contributed by atoms with E-state index in [4.69, 9.17) is 17.3 Å². The van der Waals surface area contributed by atoms with Crippen LogP contribution in [0.25, 0.3) is 0 Å². The fraction of sp³-hybridized carbons (Fsp3) is 0. The number of rotatable bonds is 0. The third-order valence-corrected chi connectivity index (χ3v) is 1.96. The molecule has 0 spiro atoms. The van der Waals surface area contributed by atoms with Gasteiger partial charge in [-0.2, -0.15) is 4.39 Å². The number of anilines is 1. The normalized spacial score (nSPS) is 8.67. The molecule has 5 heteroatoms. The highest BCUT2D eigenvalue weighted by Gasteiger charge is 2.02. The second-order valence-corrected chi connectivity index (χ2v) is 2.51. The van der Waals surface area contributed by atoms with Crippen molar-refractivity contribution in [1.82, 2.24) is 0 Å². The van der Waals surface area contributed by atoms with Gasteiger partial charge in [-0.3, -0.25) is 0 Å². The topological polar surface area (TPSA) is 26.0 Å². The monoisotopic (exact) mass is 187 g/mol. The Bertz CT molecular complexity index is 181. The van der Waals surface area contributed by atoms with Gasteiger partial charge in [-0.1, -0.05) is 11.6 Å². The summed E-state index contributed by atoms with van der Waals surface area (Å²) in [6, 6.07) is 0. The lowest BCUT2D eigenvalue weighted by atomic mass is 10.5. The number of halogens is 3. The molecule has 0 radical (unpaired) electrons. The van der Waals surface area contributed by atoms with Crippen LogP contribution in [-0.4, -0.2) is 0 Å². The van der Waals surface area contributed by atoms with Crippen LogP contribution in [-0.2, 0) is 0 Å². The second kappa shape index (κ2) is 3.25. The van der Waals surface area contributed by atoms with Crippen molar-refractivity contribution in [2.45, 2.75) is 0 Å². The molecule has 0 aliphatic heterocycles. The minimum Gasteiger partial charge on any atom is -0.394 e. The van der Waals surface area contributed by atoms with Crippen LogP contribution in [0.4, 0.5) is 10.1 Å². The maximum atomic E-state index is 12.1. The maximum absolute atomic E-state index is 12.1. The average Bonchev–Trinajstić information content (AvgIpc) is 1.98. The van der Waals surface area contributed by atoms with Gasteiger partial charge in [-0.25, -0.2) is 0 Å². The molecule has 1 rings (SSSR count). The molecule has 1 nitrogen and oxygen atoms in total. The molecule has 0 fully saturated rings. The van der Waals surface area contributed by atoms with Crippen molar-refractivity contribution < 1.29 is 4.39 Å². The molecule has 1 aromatic heterocycles. The van der Waals surface area contributed by atoms with Gasteiger partial charge < -0.3 is 5.73 Å². The molecule has 0 bridgehead atoms. The first-order valence-electron chi connectivity index (χ1n) is 1.90. The molecule has 0 amide bonds. The highest BCUT2D eigenvalue weighted by Crippen LogP contribution is 2.26. The summed E-state index contributed by atoms with van der Waals surface area (Å²) in [6.07, 6.45) is 0. The Labute approximate surface area is 67.0 Å². The molecule has 0 saturated heterocycles. The molecule has 0 unspecified atom stereocenters. The van der Waals surface area contributed by atoms with Crippen LogP contribution in [0.5, 0.6) is 0 Å². The standard InChI is InChI=1S/C4H3ClFNS.ClH/c5-2-1-8-4(6)3(2)7;/h1H,7H2;1H. The van der Waals surface area contributed by atoms with Crippen molar-refractivity contribution in [2.24, 2.45) is 0 Å². The van der Waals surface area contributed by atoms with Crippen molar-refractivity contribution in [3.8, 4) is 0 Å². The van der Waals surface area contributed by atoms with Gasteiger partial charge >= 0.3 is 0 Å². The lowest BCUT2D eigenvalue weighted by Crippen LogP contribution is -1.82. The lowest BCUT2D eigenvalue weighted by molar-refractivity contribution is 0.661. The quantitative estimate of drug-likeness (QED) is 0.665. The Kier molecular flexibility index (Phi) is 3.25.